The second kappa shape index (κ2) is 8.31. The number of thiophene rings is 1. The normalized spacial score (nSPS) is 11.1. The number of amides is 1. The van der Waals surface area contributed by atoms with E-state index < -0.39 is 17.1 Å². The summed E-state index contributed by atoms with van der Waals surface area (Å²) in [6, 6.07) is 14.7. The van der Waals surface area contributed by atoms with Crippen LogP contribution in [0, 0.1) is 12.7 Å². The summed E-state index contributed by atoms with van der Waals surface area (Å²) in [4.78, 5) is 41.0. The van der Waals surface area contributed by atoms with Crippen molar-refractivity contribution in [3.05, 3.63) is 92.2 Å². The minimum absolute atomic E-state index is 0.139. The number of likely N-dealkylation sites (N-methyl/N-ethyl adjacent to an activating group) is 1. The van der Waals surface area contributed by atoms with E-state index in [2.05, 4.69) is 0 Å². The van der Waals surface area contributed by atoms with E-state index in [4.69, 9.17) is 0 Å². The van der Waals surface area contributed by atoms with Crippen molar-refractivity contribution in [3.63, 3.8) is 0 Å². The van der Waals surface area contributed by atoms with Crippen LogP contribution >= 0.6 is 11.3 Å². The summed E-state index contributed by atoms with van der Waals surface area (Å²) >= 11 is 1.15. The second-order valence-electron chi connectivity index (χ2n) is 7.07. The van der Waals surface area contributed by atoms with Crippen LogP contribution < -0.4 is 16.1 Å². The van der Waals surface area contributed by atoms with Crippen molar-refractivity contribution in [3.8, 4) is 5.69 Å². The van der Waals surface area contributed by atoms with Crippen LogP contribution in [0.1, 0.15) is 12.5 Å². The maximum atomic E-state index is 14.4. The lowest BCUT2D eigenvalue weighted by Gasteiger charge is -2.22. The number of hydrogen-bond acceptors (Lipinski definition) is 4. The molecule has 0 N–H and O–H groups in total. The van der Waals surface area contributed by atoms with Gasteiger partial charge in [-0.25, -0.2) is 13.8 Å². The van der Waals surface area contributed by atoms with E-state index in [-0.39, 0.29) is 22.8 Å². The average molecular weight is 437 g/mol. The van der Waals surface area contributed by atoms with Gasteiger partial charge in [0.2, 0.25) is 5.91 Å². The third kappa shape index (κ3) is 3.70. The summed E-state index contributed by atoms with van der Waals surface area (Å²) in [5.41, 5.74) is 0.601. The molecule has 0 spiro atoms. The molecule has 0 saturated heterocycles. The highest BCUT2D eigenvalue weighted by molar-refractivity contribution is 7.17. The molecule has 6 nitrogen and oxygen atoms in total. The molecule has 0 unspecified atom stereocenters. The molecule has 158 valence electrons. The van der Waals surface area contributed by atoms with Crippen molar-refractivity contribution in [2.75, 3.05) is 11.4 Å². The fraction of sp³-hybridized carbons (Fsp3) is 0.174. The third-order valence-corrected chi connectivity index (χ3v) is 5.96. The summed E-state index contributed by atoms with van der Waals surface area (Å²) in [6.45, 7) is 3.92. The van der Waals surface area contributed by atoms with Gasteiger partial charge in [0.25, 0.3) is 5.56 Å². The average Bonchev–Trinajstić information content (AvgIpc) is 3.23. The van der Waals surface area contributed by atoms with Crippen LogP contribution in [0.5, 0.6) is 0 Å². The lowest BCUT2D eigenvalue weighted by atomic mass is 10.2. The first-order chi connectivity index (χ1) is 14.9. The zero-order valence-corrected chi connectivity index (χ0v) is 17.9. The topological polar surface area (TPSA) is 64.3 Å². The highest BCUT2D eigenvalue weighted by Gasteiger charge is 2.21. The Balaban J connectivity index is 1.86. The van der Waals surface area contributed by atoms with E-state index >= 15 is 0 Å². The van der Waals surface area contributed by atoms with Crippen molar-refractivity contribution < 1.29 is 9.18 Å². The third-order valence-electron chi connectivity index (χ3n) is 5.07. The van der Waals surface area contributed by atoms with Crippen LogP contribution in [0.4, 0.5) is 10.1 Å². The highest BCUT2D eigenvalue weighted by atomic mass is 32.1. The largest absolute Gasteiger partial charge is 0.336 e. The Bertz CT molecular complexity index is 1400. The maximum Gasteiger partial charge on any atom is 0.336 e. The Labute approximate surface area is 181 Å². The molecule has 4 rings (SSSR count). The number of aromatic nitrogens is 2. The number of para-hydroxylation sites is 1. The molecule has 1 amide bonds. The number of anilines is 1. The number of fused-ring (bicyclic) bond motifs is 1. The van der Waals surface area contributed by atoms with E-state index in [0.717, 1.165) is 27.2 Å². The zero-order chi connectivity index (χ0) is 22.1. The molecule has 0 aliphatic carbocycles. The highest BCUT2D eigenvalue weighted by Crippen LogP contribution is 2.19. The fourth-order valence-electron chi connectivity index (χ4n) is 3.60. The Hall–Kier alpha value is -3.52. The van der Waals surface area contributed by atoms with E-state index in [1.807, 2.05) is 38.1 Å². The smallest absolute Gasteiger partial charge is 0.311 e. The van der Waals surface area contributed by atoms with Crippen molar-refractivity contribution in [1.29, 1.82) is 0 Å². The lowest BCUT2D eigenvalue weighted by molar-refractivity contribution is -0.119. The Kier molecular flexibility index (Phi) is 5.56. The fourth-order valence-corrected chi connectivity index (χ4v) is 4.43. The van der Waals surface area contributed by atoms with Crippen LogP contribution in [0.3, 0.4) is 0 Å². The van der Waals surface area contributed by atoms with Crippen molar-refractivity contribution in [2.24, 2.45) is 0 Å². The zero-order valence-electron chi connectivity index (χ0n) is 17.0. The van der Waals surface area contributed by atoms with Gasteiger partial charge in [0.1, 0.15) is 17.1 Å². The van der Waals surface area contributed by atoms with E-state index in [0.29, 0.717) is 12.1 Å². The molecule has 0 fully saturated rings. The summed E-state index contributed by atoms with van der Waals surface area (Å²) in [6.07, 6.45) is 0. The van der Waals surface area contributed by atoms with Crippen LogP contribution in [0.25, 0.3) is 15.9 Å². The first-order valence-electron chi connectivity index (χ1n) is 9.77. The van der Waals surface area contributed by atoms with Crippen molar-refractivity contribution in [2.45, 2.75) is 20.4 Å². The van der Waals surface area contributed by atoms with Gasteiger partial charge in [-0.3, -0.25) is 14.2 Å². The lowest BCUT2D eigenvalue weighted by Crippen LogP contribution is -2.42. The number of aryl methyl sites for hydroxylation is 1. The molecule has 8 heteroatoms. The molecule has 31 heavy (non-hydrogen) atoms. The monoisotopic (exact) mass is 437 g/mol. The first kappa shape index (κ1) is 20.7. The summed E-state index contributed by atoms with van der Waals surface area (Å²) in [5.74, 6) is -0.994. The second-order valence-corrected chi connectivity index (χ2v) is 7.99. The summed E-state index contributed by atoms with van der Waals surface area (Å²) < 4.78 is 16.7. The minimum atomic E-state index is -0.755. The van der Waals surface area contributed by atoms with Gasteiger partial charge < -0.3 is 4.90 Å². The number of hydrogen-bond donors (Lipinski definition) is 0. The maximum absolute atomic E-state index is 14.4. The van der Waals surface area contributed by atoms with E-state index in [1.165, 1.54) is 22.8 Å². The number of carbonyl (C=O) groups is 1. The van der Waals surface area contributed by atoms with Gasteiger partial charge in [-0.15, -0.1) is 11.3 Å². The van der Waals surface area contributed by atoms with Gasteiger partial charge in [0.05, 0.1) is 11.2 Å². The molecule has 0 bridgehead atoms. The Morgan fingerprint density at radius 1 is 1.10 bits per heavy atom. The van der Waals surface area contributed by atoms with Gasteiger partial charge in [-0.05, 0) is 55.1 Å². The first-order valence-corrected chi connectivity index (χ1v) is 10.6. The SMILES string of the molecule is CCN(C(=O)Cn1c(=O)n(-c2ccccc2F)c(=O)c2sccc21)c1cccc(C)c1. The Morgan fingerprint density at radius 3 is 2.58 bits per heavy atom. The van der Waals surface area contributed by atoms with Gasteiger partial charge in [-0.1, -0.05) is 24.3 Å². The molecule has 4 aromatic rings. The van der Waals surface area contributed by atoms with Gasteiger partial charge in [-0.2, -0.15) is 0 Å². The van der Waals surface area contributed by atoms with Gasteiger partial charge in [0, 0.05) is 12.2 Å². The standard InChI is InChI=1S/C23H20FN3O3S/c1-3-25(16-8-6-7-15(2)13-16)20(28)14-26-19-11-12-31-21(19)22(29)27(23(26)30)18-10-5-4-9-17(18)24/h4-13H,3,14H2,1-2H3. The van der Waals surface area contributed by atoms with Crippen molar-refractivity contribution >= 4 is 33.1 Å². The number of halogens is 1. The number of benzene rings is 2. The number of rotatable bonds is 5. The van der Waals surface area contributed by atoms with Crippen LogP contribution in [0.15, 0.2) is 69.6 Å². The van der Waals surface area contributed by atoms with Crippen LogP contribution in [0.2, 0.25) is 0 Å². The van der Waals surface area contributed by atoms with Crippen LogP contribution in [-0.2, 0) is 11.3 Å². The van der Waals surface area contributed by atoms with E-state index in [9.17, 15) is 18.8 Å². The molecule has 2 aromatic carbocycles. The molecular formula is C23H20FN3O3S. The predicted molar refractivity (Wildman–Crippen MR) is 121 cm³/mol. The summed E-state index contributed by atoms with van der Waals surface area (Å²) in [5, 5.41) is 1.68. The van der Waals surface area contributed by atoms with E-state index in [1.54, 1.807) is 22.4 Å². The molecule has 0 atom stereocenters. The molecule has 0 aliphatic rings. The molecule has 2 aromatic heterocycles. The quantitative estimate of drug-likeness (QED) is 0.478. The minimum Gasteiger partial charge on any atom is -0.311 e. The van der Waals surface area contributed by atoms with Crippen LogP contribution in [-0.4, -0.2) is 21.6 Å². The summed E-state index contributed by atoms with van der Waals surface area (Å²) in [7, 11) is 0. The molecule has 0 radical (unpaired) electrons. The molecule has 0 aliphatic heterocycles. The van der Waals surface area contributed by atoms with Gasteiger partial charge >= 0.3 is 5.69 Å². The molecule has 0 saturated carbocycles. The Morgan fingerprint density at radius 2 is 1.87 bits per heavy atom. The van der Waals surface area contributed by atoms with Gasteiger partial charge in [0.15, 0.2) is 0 Å². The number of carbonyl (C=O) groups excluding carboxylic acids is 1. The van der Waals surface area contributed by atoms with Crippen molar-refractivity contribution in [1.82, 2.24) is 9.13 Å². The molecular weight excluding hydrogens is 417 g/mol. The molecule has 2 heterocycles. The predicted octanol–water partition coefficient (Wildman–Crippen LogP) is 3.71. The number of nitrogens with zero attached hydrogens (tertiary/aromatic N) is 3.